The highest BCUT2D eigenvalue weighted by atomic mass is 19.1. The molecule has 0 radical (unpaired) electrons. The fourth-order valence-corrected chi connectivity index (χ4v) is 4.23. The minimum atomic E-state index is -1.45. The van der Waals surface area contributed by atoms with Crippen LogP contribution in [-0.4, -0.2) is 72.4 Å². The maximum absolute atomic E-state index is 14.8. The number of rotatable bonds is 7. The molecule has 200 valence electrons. The summed E-state index contributed by atoms with van der Waals surface area (Å²) in [6.07, 6.45) is 3.58. The van der Waals surface area contributed by atoms with Gasteiger partial charge in [0.1, 0.15) is 41.8 Å². The van der Waals surface area contributed by atoms with Crippen molar-refractivity contribution in [2.24, 2.45) is 0 Å². The van der Waals surface area contributed by atoms with Gasteiger partial charge in [-0.05, 0) is 45.4 Å². The molecular weight excluding hydrogens is 493 g/mol. The summed E-state index contributed by atoms with van der Waals surface area (Å²) >= 11 is 0. The lowest BCUT2D eigenvalue weighted by Crippen LogP contribution is -2.50. The third-order valence-electron chi connectivity index (χ3n) is 6.31. The standard InChI is InChI=1S/C26H30FN7O4/c1-15(35)24(36)34-9-8-21(19(27)13-34)38-20-6-4-16(10-17(20)11-28)23-30-14-31-25(33-23)32-18-5-7-22(29-12-18)26(2,3)37/h5-7,10,12,14-16,19,21,35,37H,4,8-9,13H2,1-3H3,(H,30,31,32,33)/t15-,16?,19+,21?/m0/s1. The van der Waals surface area contributed by atoms with Gasteiger partial charge >= 0.3 is 0 Å². The number of pyridine rings is 1. The van der Waals surface area contributed by atoms with E-state index in [0.717, 1.165) is 0 Å². The second-order valence-corrected chi connectivity index (χ2v) is 9.81. The van der Waals surface area contributed by atoms with Crippen LogP contribution in [0.1, 0.15) is 51.0 Å². The number of amides is 1. The normalized spacial score (nSPS) is 22.6. The Bertz CT molecular complexity index is 1270. The fourth-order valence-electron chi connectivity index (χ4n) is 4.23. The number of hydrogen-bond donors (Lipinski definition) is 3. The van der Waals surface area contributed by atoms with Gasteiger partial charge in [0.25, 0.3) is 5.91 Å². The molecule has 12 heteroatoms. The smallest absolute Gasteiger partial charge is 0.251 e. The number of halogens is 1. The van der Waals surface area contributed by atoms with E-state index in [1.807, 2.05) is 0 Å². The van der Waals surface area contributed by atoms with Crippen molar-refractivity contribution in [3.05, 3.63) is 59.7 Å². The summed E-state index contributed by atoms with van der Waals surface area (Å²) < 4.78 is 20.6. The summed E-state index contributed by atoms with van der Waals surface area (Å²) in [5.41, 5.74) is 0.348. The molecule has 38 heavy (non-hydrogen) atoms. The van der Waals surface area contributed by atoms with Crippen molar-refractivity contribution in [1.82, 2.24) is 24.8 Å². The Morgan fingerprint density at radius 1 is 1.34 bits per heavy atom. The quantitative estimate of drug-likeness (QED) is 0.492. The number of allylic oxidation sites excluding steroid dienone is 3. The summed E-state index contributed by atoms with van der Waals surface area (Å²) in [5.74, 6) is 0.196. The zero-order chi connectivity index (χ0) is 27.4. The first-order valence-corrected chi connectivity index (χ1v) is 12.3. The summed E-state index contributed by atoms with van der Waals surface area (Å²) in [7, 11) is 0. The van der Waals surface area contributed by atoms with E-state index in [2.05, 4.69) is 31.3 Å². The number of aliphatic hydroxyl groups is 2. The maximum Gasteiger partial charge on any atom is 0.251 e. The van der Waals surface area contributed by atoms with E-state index in [-0.39, 0.29) is 36.8 Å². The van der Waals surface area contributed by atoms with Crippen LogP contribution in [0.5, 0.6) is 0 Å². The SMILES string of the molecule is C[C@H](O)C(=O)N1CCC(OC2=CCC(c3ncnc(Nc4ccc(C(C)(C)O)nc4)n3)C=C2C#N)[C@H](F)C1. The Kier molecular flexibility index (Phi) is 7.99. The average Bonchev–Trinajstić information content (AvgIpc) is 2.89. The molecule has 2 aromatic heterocycles. The number of piperidine rings is 1. The van der Waals surface area contributed by atoms with Crippen LogP contribution >= 0.6 is 0 Å². The van der Waals surface area contributed by atoms with Gasteiger partial charge < -0.3 is 25.2 Å². The lowest BCUT2D eigenvalue weighted by molar-refractivity contribution is -0.143. The predicted octanol–water partition coefficient (Wildman–Crippen LogP) is 2.40. The Hall–Kier alpha value is -3.95. The Labute approximate surface area is 219 Å². The van der Waals surface area contributed by atoms with Crippen LogP contribution in [0, 0.1) is 11.3 Å². The molecule has 1 saturated heterocycles. The van der Waals surface area contributed by atoms with Crippen LogP contribution in [-0.2, 0) is 15.1 Å². The molecule has 2 unspecified atom stereocenters. The molecule has 3 N–H and O–H groups in total. The second kappa shape index (κ2) is 11.2. The number of likely N-dealkylation sites (tertiary alicyclic amines) is 1. The minimum absolute atomic E-state index is 0.174. The van der Waals surface area contributed by atoms with Gasteiger partial charge in [0.2, 0.25) is 5.95 Å². The topological polar surface area (TPSA) is 157 Å². The molecule has 0 aromatic carbocycles. The van der Waals surface area contributed by atoms with Gasteiger partial charge in [0.05, 0.1) is 29.7 Å². The van der Waals surface area contributed by atoms with Crippen molar-refractivity contribution in [3.63, 3.8) is 0 Å². The van der Waals surface area contributed by atoms with E-state index in [1.54, 1.807) is 44.3 Å². The van der Waals surface area contributed by atoms with Crippen molar-refractivity contribution in [1.29, 1.82) is 5.26 Å². The summed E-state index contributed by atoms with van der Waals surface area (Å²) in [5, 5.41) is 32.3. The molecule has 2 aliphatic rings. The lowest BCUT2D eigenvalue weighted by Gasteiger charge is -2.36. The number of hydrogen-bond acceptors (Lipinski definition) is 10. The van der Waals surface area contributed by atoms with E-state index >= 15 is 0 Å². The molecule has 3 heterocycles. The highest BCUT2D eigenvalue weighted by molar-refractivity contribution is 5.80. The minimum Gasteiger partial charge on any atom is -0.486 e. The van der Waals surface area contributed by atoms with E-state index in [9.17, 15) is 24.7 Å². The number of aliphatic hydroxyl groups excluding tert-OH is 1. The van der Waals surface area contributed by atoms with Crippen LogP contribution in [0.15, 0.2) is 48.1 Å². The number of nitrogens with one attached hydrogen (secondary N) is 1. The first-order valence-electron chi connectivity index (χ1n) is 12.3. The number of carbonyl (C=O) groups excluding carboxylic acids is 1. The predicted molar refractivity (Wildman–Crippen MR) is 134 cm³/mol. The van der Waals surface area contributed by atoms with Crippen LogP contribution in [0.2, 0.25) is 0 Å². The maximum atomic E-state index is 14.8. The van der Waals surface area contributed by atoms with E-state index in [0.29, 0.717) is 29.6 Å². The number of nitrogens with zero attached hydrogens (tertiary/aromatic N) is 6. The van der Waals surface area contributed by atoms with E-state index < -0.39 is 29.9 Å². The third-order valence-corrected chi connectivity index (χ3v) is 6.31. The molecular formula is C26H30FN7O4. The molecule has 11 nitrogen and oxygen atoms in total. The number of nitriles is 1. The van der Waals surface area contributed by atoms with Crippen molar-refractivity contribution in [2.45, 2.75) is 63.5 Å². The molecule has 4 rings (SSSR count). The Morgan fingerprint density at radius 2 is 2.13 bits per heavy atom. The Balaban J connectivity index is 1.41. The largest absolute Gasteiger partial charge is 0.486 e. The van der Waals surface area contributed by atoms with Crippen molar-refractivity contribution >= 4 is 17.5 Å². The first-order chi connectivity index (χ1) is 18.0. The number of ether oxygens (including phenoxy) is 1. The van der Waals surface area contributed by atoms with Crippen molar-refractivity contribution in [2.75, 3.05) is 18.4 Å². The zero-order valence-corrected chi connectivity index (χ0v) is 21.4. The molecule has 4 atom stereocenters. The van der Waals surface area contributed by atoms with Crippen LogP contribution in [0.4, 0.5) is 16.0 Å². The van der Waals surface area contributed by atoms with Gasteiger partial charge in [0.15, 0.2) is 6.17 Å². The summed E-state index contributed by atoms with van der Waals surface area (Å²) in [4.78, 5) is 30.4. The highest BCUT2D eigenvalue weighted by Crippen LogP contribution is 2.32. The second-order valence-electron chi connectivity index (χ2n) is 9.81. The van der Waals surface area contributed by atoms with Gasteiger partial charge in [-0.1, -0.05) is 6.08 Å². The van der Waals surface area contributed by atoms with Gasteiger partial charge in [-0.2, -0.15) is 10.2 Å². The summed E-state index contributed by atoms with van der Waals surface area (Å²) in [6, 6.07) is 5.57. The van der Waals surface area contributed by atoms with Gasteiger partial charge in [0, 0.05) is 18.9 Å². The lowest BCUT2D eigenvalue weighted by atomic mass is 9.94. The van der Waals surface area contributed by atoms with Gasteiger partial charge in [-0.3, -0.25) is 9.78 Å². The molecule has 2 aromatic rings. The van der Waals surface area contributed by atoms with Crippen LogP contribution in [0.3, 0.4) is 0 Å². The Morgan fingerprint density at radius 3 is 2.76 bits per heavy atom. The molecule has 0 saturated carbocycles. The fraction of sp³-hybridized carbons (Fsp3) is 0.462. The first kappa shape index (κ1) is 27.1. The molecule has 1 aliphatic carbocycles. The monoisotopic (exact) mass is 523 g/mol. The van der Waals surface area contributed by atoms with E-state index in [1.165, 1.54) is 18.2 Å². The van der Waals surface area contributed by atoms with Crippen molar-refractivity contribution in [3.8, 4) is 6.07 Å². The molecule has 0 bridgehead atoms. The number of aromatic nitrogens is 4. The number of carbonyl (C=O) groups is 1. The average molecular weight is 524 g/mol. The third kappa shape index (κ3) is 6.30. The number of anilines is 2. The molecule has 1 amide bonds. The van der Waals surface area contributed by atoms with Crippen LogP contribution in [0.25, 0.3) is 0 Å². The van der Waals surface area contributed by atoms with Crippen molar-refractivity contribution < 1.29 is 24.1 Å². The van der Waals surface area contributed by atoms with Gasteiger partial charge in [-0.25, -0.2) is 14.4 Å². The molecule has 0 spiro atoms. The number of alkyl halides is 1. The molecule has 1 fully saturated rings. The zero-order valence-electron chi connectivity index (χ0n) is 21.4. The molecule has 1 aliphatic heterocycles. The van der Waals surface area contributed by atoms with Crippen LogP contribution < -0.4 is 5.32 Å². The van der Waals surface area contributed by atoms with Gasteiger partial charge in [-0.15, -0.1) is 0 Å². The highest BCUT2D eigenvalue weighted by Gasteiger charge is 2.35. The summed E-state index contributed by atoms with van der Waals surface area (Å²) in [6.45, 7) is 4.74. The van der Waals surface area contributed by atoms with E-state index in [4.69, 9.17) is 4.74 Å².